The first-order chi connectivity index (χ1) is 21.0. The lowest BCUT2D eigenvalue weighted by molar-refractivity contribution is -0.151. The molecule has 8 heteroatoms. The maximum Gasteiger partial charge on any atom is 0.330 e. The number of para-hydroxylation sites is 3. The number of urea groups is 1. The van der Waals surface area contributed by atoms with Crippen LogP contribution in [0.3, 0.4) is 0 Å². The summed E-state index contributed by atoms with van der Waals surface area (Å²) in [5, 5.41) is 10.6. The molecule has 1 N–H and O–H groups in total. The monoisotopic (exact) mass is 573 g/mol. The van der Waals surface area contributed by atoms with Crippen molar-refractivity contribution in [2.24, 2.45) is 0 Å². The zero-order valence-electron chi connectivity index (χ0n) is 23.5. The van der Waals surface area contributed by atoms with Gasteiger partial charge in [0.25, 0.3) is 0 Å². The number of carboxylic acids is 1. The number of piperazine rings is 1. The zero-order valence-corrected chi connectivity index (χ0v) is 23.5. The van der Waals surface area contributed by atoms with Crippen LogP contribution < -0.4 is 9.64 Å². The summed E-state index contributed by atoms with van der Waals surface area (Å²) >= 11 is 0. The normalized spacial score (nSPS) is 20.6. The lowest BCUT2D eigenvalue weighted by atomic mass is 9.88. The summed E-state index contributed by atoms with van der Waals surface area (Å²) in [6, 6.07) is 31.4. The molecule has 3 aliphatic rings. The molecule has 7 rings (SSSR count). The third-order valence-electron chi connectivity index (χ3n) is 8.83. The number of aliphatic carboxylic acids is 1. The largest absolute Gasteiger partial charge is 0.487 e. The van der Waals surface area contributed by atoms with Crippen molar-refractivity contribution in [3.8, 4) is 5.75 Å². The van der Waals surface area contributed by atoms with Gasteiger partial charge in [-0.1, -0.05) is 91.0 Å². The van der Waals surface area contributed by atoms with Crippen LogP contribution in [0.1, 0.15) is 35.4 Å². The summed E-state index contributed by atoms with van der Waals surface area (Å²) in [7, 11) is 0. The van der Waals surface area contributed by atoms with Crippen LogP contribution in [-0.4, -0.2) is 57.5 Å². The van der Waals surface area contributed by atoms with E-state index in [0.717, 1.165) is 16.7 Å². The molecule has 8 nitrogen and oxygen atoms in total. The summed E-state index contributed by atoms with van der Waals surface area (Å²) < 4.78 is 6.05. The fourth-order valence-corrected chi connectivity index (χ4v) is 6.94. The molecule has 0 saturated carbocycles. The van der Waals surface area contributed by atoms with Crippen LogP contribution in [0.5, 0.6) is 5.75 Å². The number of carboxylic acid groups (broad SMARTS) is 1. The van der Waals surface area contributed by atoms with Crippen molar-refractivity contribution in [1.29, 1.82) is 0 Å². The van der Waals surface area contributed by atoms with Crippen LogP contribution in [0.2, 0.25) is 0 Å². The van der Waals surface area contributed by atoms with Gasteiger partial charge in [0.2, 0.25) is 5.91 Å². The van der Waals surface area contributed by atoms with E-state index in [4.69, 9.17) is 4.74 Å². The first kappa shape index (κ1) is 26.8. The summed E-state index contributed by atoms with van der Waals surface area (Å²) in [5.74, 6) is -1.30. The van der Waals surface area contributed by atoms with E-state index >= 15 is 0 Å². The lowest BCUT2D eigenvalue weighted by Gasteiger charge is -2.47. The standard InChI is InChI=1S/C35H31N3O5/c39-33(31(23-11-3-1-4-12-23)24-13-5-2-6-14-24)37-26-19-20-29(37)32(34(40)41)36(21-26)35(42)38-27-16-8-7-15-25(27)22-43-30-18-10-9-17-28(30)38/h1-18,26,29,31-32H,19-22H2,(H,40,41)/t26-,29+,32-/m0/s1. The van der Waals surface area contributed by atoms with Crippen molar-refractivity contribution < 1.29 is 24.2 Å². The second-order valence-corrected chi connectivity index (χ2v) is 11.2. The summed E-state index contributed by atoms with van der Waals surface area (Å²) in [6.45, 7) is 0.406. The number of carbonyl (C=O) groups excluding carboxylic acids is 2. The molecule has 4 aromatic carbocycles. The first-order valence-electron chi connectivity index (χ1n) is 14.6. The Labute approximate surface area is 249 Å². The number of likely N-dealkylation sites (tertiary alicyclic amines) is 1. The van der Waals surface area contributed by atoms with Gasteiger partial charge in [0.05, 0.1) is 23.3 Å². The molecule has 4 aromatic rings. The molecule has 0 spiro atoms. The molecule has 216 valence electrons. The quantitative estimate of drug-likeness (QED) is 0.334. The van der Waals surface area contributed by atoms with Gasteiger partial charge >= 0.3 is 12.0 Å². The van der Waals surface area contributed by atoms with Gasteiger partial charge in [0.1, 0.15) is 12.4 Å². The second-order valence-electron chi connectivity index (χ2n) is 11.2. The van der Waals surface area contributed by atoms with Gasteiger partial charge in [-0.25, -0.2) is 9.59 Å². The number of amides is 3. The van der Waals surface area contributed by atoms with E-state index in [2.05, 4.69) is 0 Å². The molecule has 2 saturated heterocycles. The van der Waals surface area contributed by atoms with Crippen LogP contribution >= 0.6 is 0 Å². The van der Waals surface area contributed by atoms with Gasteiger partial charge < -0.3 is 19.6 Å². The van der Waals surface area contributed by atoms with Crippen molar-refractivity contribution in [3.05, 3.63) is 126 Å². The van der Waals surface area contributed by atoms with E-state index in [0.29, 0.717) is 30.0 Å². The van der Waals surface area contributed by atoms with Crippen LogP contribution in [-0.2, 0) is 16.2 Å². The van der Waals surface area contributed by atoms with E-state index in [1.165, 1.54) is 4.90 Å². The molecule has 43 heavy (non-hydrogen) atoms. The number of hydrogen-bond donors (Lipinski definition) is 1. The minimum absolute atomic E-state index is 0.121. The van der Waals surface area contributed by atoms with Gasteiger partial charge in [-0.3, -0.25) is 9.69 Å². The van der Waals surface area contributed by atoms with Crippen molar-refractivity contribution in [2.45, 2.75) is 43.5 Å². The van der Waals surface area contributed by atoms with E-state index < -0.39 is 30.0 Å². The number of anilines is 2. The second kappa shape index (κ2) is 10.9. The smallest absolute Gasteiger partial charge is 0.330 e. The molecule has 3 heterocycles. The topological polar surface area (TPSA) is 90.4 Å². The average molecular weight is 574 g/mol. The Bertz CT molecular complexity index is 1590. The number of nitrogens with zero attached hydrogens (tertiary/aromatic N) is 3. The van der Waals surface area contributed by atoms with Crippen LogP contribution in [0.4, 0.5) is 16.2 Å². The Morgan fingerprint density at radius 2 is 1.35 bits per heavy atom. The molecule has 2 bridgehead atoms. The molecule has 0 aliphatic carbocycles. The Morgan fingerprint density at radius 3 is 2.02 bits per heavy atom. The van der Waals surface area contributed by atoms with Gasteiger partial charge in [0.15, 0.2) is 6.04 Å². The molecule has 0 unspecified atom stereocenters. The number of benzene rings is 4. The van der Waals surface area contributed by atoms with E-state index in [1.54, 1.807) is 9.80 Å². The predicted octanol–water partition coefficient (Wildman–Crippen LogP) is 5.80. The zero-order chi connectivity index (χ0) is 29.5. The highest BCUT2D eigenvalue weighted by molar-refractivity contribution is 6.03. The Balaban J connectivity index is 1.27. The van der Waals surface area contributed by atoms with E-state index in [9.17, 15) is 19.5 Å². The first-order valence-corrected chi connectivity index (χ1v) is 14.6. The Kier molecular flexibility index (Phi) is 6.81. The van der Waals surface area contributed by atoms with Gasteiger partial charge in [-0.2, -0.15) is 0 Å². The summed E-state index contributed by atoms with van der Waals surface area (Å²) in [5.41, 5.74) is 3.73. The number of hydrogen-bond acceptors (Lipinski definition) is 4. The fourth-order valence-electron chi connectivity index (χ4n) is 6.94. The number of carbonyl (C=O) groups is 3. The molecule has 2 fully saturated rings. The van der Waals surface area contributed by atoms with Gasteiger partial charge in [-0.05, 0) is 42.2 Å². The van der Waals surface area contributed by atoms with Gasteiger partial charge in [-0.15, -0.1) is 0 Å². The lowest BCUT2D eigenvalue weighted by Crippen LogP contribution is -2.66. The van der Waals surface area contributed by atoms with E-state index in [-0.39, 0.29) is 25.1 Å². The Morgan fingerprint density at radius 1 is 0.744 bits per heavy atom. The molecular formula is C35H31N3O5. The number of ether oxygens (including phenoxy) is 1. The van der Waals surface area contributed by atoms with Crippen molar-refractivity contribution in [1.82, 2.24) is 9.80 Å². The molecule has 0 radical (unpaired) electrons. The van der Waals surface area contributed by atoms with Crippen LogP contribution in [0.15, 0.2) is 109 Å². The predicted molar refractivity (Wildman–Crippen MR) is 161 cm³/mol. The molecule has 0 aromatic heterocycles. The van der Waals surface area contributed by atoms with Crippen molar-refractivity contribution >= 4 is 29.3 Å². The molecule has 3 aliphatic heterocycles. The summed E-state index contributed by atoms with van der Waals surface area (Å²) in [6.07, 6.45) is 1.13. The van der Waals surface area contributed by atoms with Crippen LogP contribution in [0, 0.1) is 0 Å². The number of fused-ring (bicyclic) bond motifs is 4. The van der Waals surface area contributed by atoms with E-state index in [1.807, 2.05) is 109 Å². The highest BCUT2D eigenvalue weighted by Gasteiger charge is 2.54. The third kappa shape index (κ3) is 4.59. The summed E-state index contributed by atoms with van der Waals surface area (Å²) in [4.78, 5) is 46.8. The average Bonchev–Trinajstić information content (AvgIpc) is 3.23. The maximum absolute atomic E-state index is 14.5. The van der Waals surface area contributed by atoms with Gasteiger partial charge in [0, 0.05) is 18.2 Å². The minimum Gasteiger partial charge on any atom is -0.487 e. The SMILES string of the molecule is O=C(O)[C@@H]1[C@H]2CC[C@@H](CN1C(=O)N1c3ccccc3COc3ccccc31)N2C(=O)C(c1ccccc1)c1ccccc1. The fraction of sp³-hybridized carbons (Fsp3) is 0.229. The Hall–Kier alpha value is -5.11. The third-order valence-corrected chi connectivity index (χ3v) is 8.83. The number of rotatable bonds is 4. The van der Waals surface area contributed by atoms with Crippen LogP contribution in [0.25, 0.3) is 0 Å². The van der Waals surface area contributed by atoms with Crippen molar-refractivity contribution in [2.75, 3.05) is 11.4 Å². The molecular weight excluding hydrogens is 542 g/mol. The highest BCUT2D eigenvalue weighted by Crippen LogP contribution is 2.43. The molecule has 3 amide bonds. The van der Waals surface area contributed by atoms with Crippen molar-refractivity contribution in [3.63, 3.8) is 0 Å². The maximum atomic E-state index is 14.5. The molecule has 3 atom stereocenters. The highest BCUT2D eigenvalue weighted by atomic mass is 16.5. The minimum atomic E-state index is -1.20.